The first-order valence-corrected chi connectivity index (χ1v) is 22.9. The standard InChI is InChI=1S/C63H47N3/c1-40-61(66-57-38-49(42-17-7-5-8-18-42)33-35-55(57)63(3,4)56-36-34-50(39-58(56)66)43-19-9-6-10-20-43)41(2)65-62(64-40)60-53-25-15-13-23-51(53)59(52-24-14-16-26-54(52)60)46-30-27-45(28-31-46)48-32-29-44-21-11-12-22-47(44)37-48/h5-39H,1-4H3. The van der Waals surface area contributed by atoms with Gasteiger partial charge in [0.2, 0.25) is 0 Å². The first kappa shape index (κ1) is 39.5. The molecule has 0 bridgehead atoms. The zero-order valence-electron chi connectivity index (χ0n) is 37.5. The van der Waals surface area contributed by atoms with Crippen molar-refractivity contribution in [2.75, 3.05) is 4.90 Å². The molecule has 0 unspecified atom stereocenters. The first-order valence-electron chi connectivity index (χ1n) is 22.9. The van der Waals surface area contributed by atoms with Crippen molar-refractivity contribution in [3.8, 4) is 55.9 Å². The van der Waals surface area contributed by atoms with Crippen LogP contribution in [0.4, 0.5) is 17.1 Å². The average Bonchev–Trinajstić information content (AvgIpc) is 3.36. The summed E-state index contributed by atoms with van der Waals surface area (Å²) in [6.07, 6.45) is 0. The van der Waals surface area contributed by atoms with Crippen LogP contribution >= 0.6 is 0 Å². The highest BCUT2D eigenvalue weighted by Gasteiger charge is 2.39. The molecule has 1 aromatic heterocycles. The van der Waals surface area contributed by atoms with E-state index in [1.54, 1.807) is 0 Å². The van der Waals surface area contributed by atoms with E-state index in [4.69, 9.17) is 9.97 Å². The Hall–Kier alpha value is -8.14. The Bertz CT molecular complexity index is 3510. The zero-order valence-corrected chi connectivity index (χ0v) is 37.5. The number of hydrogen-bond acceptors (Lipinski definition) is 3. The number of fused-ring (bicyclic) bond motifs is 5. The second-order valence-electron chi connectivity index (χ2n) is 18.2. The van der Waals surface area contributed by atoms with Gasteiger partial charge in [0.1, 0.15) is 0 Å². The van der Waals surface area contributed by atoms with Crippen LogP contribution in [-0.2, 0) is 5.41 Å². The number of hydrogen-bond donors (Lipinski definition) is 0. The molecule has 11 aromatic rings. The van der Waals surface area contributed by atoms with Crippen molar-refractivity contribution in [1.29, 1.82) is 0 Å². The molecule has 0 spiro atoms. The second-order valence-corrected chi connectivity index (χ2v) is 18.2. The fourth-order valence-corrected chi connectivity index (χ4v) is 10.7. The van der Waals surface area contributed by atoms with Crippen LogP contribution in [0, 0.1) is 13.8 Å². The van der Waals surface area contributed by atoms with Crippen molar-refractivity contribution < 1.29 is 0 Å². The summed E-state index contributed by atoms with van der Waals surface area (Å²) in [6.45, 7) is 9.02. The highest BCUT2D eigenvalue weighted by molar-refractivity contribution is 6.21. The lowest BCUT2D eigenvalue weighted by molar-refractivity contribution is 0.631. The minimum atomic E-state index is -0.259. The van der Waals surface area contributed by atoms with E-state index in [2.05, 4.69) is 245 Å². The lowest BCUT2D eigenvalue weighted by Crippen LogP contribution is -2.31. The maximum Gasteiger partial charge on any atom is 0.161 e. The summed E-state index contributed by atoms with van der Waals surface area (Å²) in [6, 6.07) is 77.2. The van der Waals surface area contributed by atoms with Gasteiger partial charge < -0.3 is 4.90 Å². The maximum absolute atomic E-state index is 5.54. The Morgan fingerprint density at radius 1 is 0.348 bits per heavy atom. The molecule has 1 aliphatic rings. The van der Waals surface area contributed by atoms with Crippen molar-refractivity contribution in [2.45, 2.75) is 33.1 Å². The summed E-state index contributed by atoms with van der Waals surface area (Å²) in [5, 5.41) is 7.11. The molecule has 10 aromatic carbocycles. The number of aromatic nitrogens is 2. The van der Waals surface area contributed by atoms with Crippen LogP contribution in [0.3, 0.4) is 0 Å². The molecule has 0 amide bonds. The van der Waals surface area contributed by atoms with Gasteiger partial charge in [0.15, 0.2) is 5.82 Å². The lowest BCUT2D eigenvalue weighted by atomic mass is 9.72. The van der Waals surface area contributed by atoms with Gasteiger partial charge in [-0.15, -0.1) is 0 Å². The number of nitrogens with zero attached hydrogens (tertiary/aromatic N) is 3. The van der Waals surface area contributed by atoms with Crippen LogP contribution in [0.5, 0.6) is 0 Å². The van der Waals surface area contributed by atoms with Crippen LogP contribution in [0.25, 0.3) is 88.2 Å². The molecule has 0 N–H and O–H groups in total. The fourth-order valence-electron chi connectivity index (χ4n) is 10.7. The molecular weight excluding hydrogens is 799 g/mol. The molecule has 314 valence electrons. The highest BCUT2D eigenvalue weighted by Crippen LogP contribution is 2.55. The van der Waals surface area contributed by atoms with Gasteiger partial charge in [0.05, 0.1) is 28.5 Å². The third kappa shape index (κ3) is 6.42. The van der Waals surface area contributed by atoms with Crippen molar-refractivity contribution in [1.82, 2.24) is 9.97 Å². The third-order valence-corrected chi connectivity index (χ3v) is 13.9. The predicted molar refractivity (Wildman–Crippen MR) is 278 cm³/mol. The summed E-state index contributed by atoms with van der Waals surface area (Å²) in [5.41, 5.74) is 18.0. The van der Waals surface area contributed by atoms with E-state index in [0.717, 1.165) is 50.6 Å². The quantitative estimate of drug-likeness (QED) is 0.156. The highest BCUT2D eigenvalue weighted by atomic mass is 15.2. The Morgan fingerprint density at radius 3 is 1.27 bits per heavy atom. The summed E-state index contributed by atoms with van der Waals surface area (Å²) in [7, 11) is 0. The van der Waals surface area contributed by atoms with Gasteiger partial charge in [0, 0.05) is 11.0 Å². The minimum Gasteiger partial charge on any atom is -0.306 e. The smallest absolute Gasteiger partial charge is 0.161 e. The van der Waals surface area contributed by atoms with E-state index in [0.29, 0.717) is 0 Å². The van der Waals surface area contributed by atoms with Crippen molar-refractivity contribution in [3.63, 3.8) is 0 Å². The number of aryl methyl sites for hydroxylation is 2. The van der Waals surface area contributed by atoms with Gasteiger partial charge in [0.25, 0.3) is 0 Å². The van der Waals surface area contributed by atoms with Gasteiger partial charge in [-0.3, -0.25) is 0 Å². The van der Waals surface area contributed by atoms with Gasteiger partial charge in [-0.25, -0.2) is 9.97 Å². The molecular formula is C63H47N3. The largest absolute Gasteiger partial charge is 0.306 e. The summed E-state index contributed by atoms with van der Waals surface area (Å²) in [4.78, 5) is 13.5. The average molecular weight is 846 g/mol. The topological polar surface area (TPSA) is 29.0 Å². The van der Waals surface area contributed by atoms with Gasteiger partial charge in [-0.1, -0.05) is 208 Å². The maximum atomic E-state index is 5.54. The van der Waals surface area contributed by atoms with E-state index in [9.17, 15) is 0 Å². The van der Waals surface area contributed by atoms with Crippen molar-refractivity contribution in [3.05, 3.63) is 235 Å². The molecule has 1 aliphatic heterocycles. The Kier molecular flexibility index (Phi) is 9.29. The number of rotatable bonds is 6. The van der Waals surface area contributed by atoms with E-state index in [-0.39, 0.29) is 5.41 Å². The molecule has 12 rings (SSSR count). The molecule has 0 saturated carbocycles. The molecule has 0 fully saturated rings. The normalized spacial score (nSPS) is 12.9. The Balaban J connectivity index is 1.03. The SMILES string of the molecule is Cc1nc(-c2c3ccccc3c(-c3ccc(-c4ccc5ccccc5c4)cc3)c3ccccc23)nc(C)c1N1c2cc(-c3ccccc3)ccc2C(C)(C)c2ccc(-c3ccccc3)cc21. The Labute approximate surface area is 386 Å². The van der Waals surface area contributed by atoms with Gasteiger partial charge in [-0.05, 0) is 120 Å². The summed E-state index contributed by atoms with van der Waals surface area (Å²) in [5.74, 6) is 0.730. The van der Waals surface area contributed by atoms with E-state index >= 15 is 0 Å². The van der Waals surface area contributed by atoms with Gasteiger partial charge >= 0.3 is 0 Å². The molecule has 0 saturated heterocycles. The van der Waals surface area contributed by atoms with Crippen LogP contribution in [0.15, 0.2) is 212 Å². The monoisotopic (exact) mass is 845 g/mol. The van der Waals surface area contributed by atoms with Crippen molar-refractivity contribution >= 4 is 49.4 Å². The summed E-state index contributed by atoms with van der Waals surface area (Å²) >= 11 is 0. The molecule has 0 radical (unpaired) electrons. The molecule has 66 heavy (non-hydrogen) atoms. The summed E-state index contributed by atoms with van der Waals surface area (Å²) < 4.78 is 0. The molecule has 3 heteroatoms. The predicted octanol–water partition coefficient (Wildman–Crippen LogP) is 17.0. The number of benzene rings is 10. The molecule has 2 heterocycles. The lowest BCUT2D eigenvalue weighted by Gasteiger charge is -2.43. The van der Waals surface area contributed by atoms with Crippen LogP contribution in [-0.4, -0.2) is 9.97 Å². The fraction of sp³-hybridized carbons (Fsp3) is 0.0794. The van der Waals surface area contributed by atoms with Crippen molar-refractivity contribution in [2.24, 2.45) is 0 Å². The molecule has 0 atom stereocenters. The van der Waals surface area contributed by atoms with Gasteiger partial charge in [-0.2, -0.15) is 0 Å². The minimum absolute atomic E-state index is 0.259. The van der Waals surface area contributed by atoms with Crippen LogP contribution in [0.2, 0.25) is 0 Å². The van der Waals surface area contributed by atoms with E-state index in [1.807, 2.05) is 0 Å². The van der Waals surface area contributed by atoms with Crippen LogP contribution in [0.1, 0.15) is 36.4 Å². The van der Waals surface area contributed by atoms with E-state index < -0.39 is 0 Å². The first-order chi connectivity index (χ1) is 32.3. The number of anilines is 3. The second kappa shape index (κ2) is 15.5. The van der Waals surface area contributed by atoms with Crippen LogP contribution < -0.4 is 4.90 Å². The van der Waals surface area contributed by atoms with E-state index in [1.165, 1.54) is 77.2 Å². The Morgan fingerprint density at radius 2 is 0.742 bits per heavy atom. The molecule has 3 nitrogen and oxygen atoms in total. The third-order valence-electron chi connectivity index (χ3n) is 13.9. The molecule has 0 aliphatic carbocycles. The zero-order chi connectivity index (χ0) is 44.5.